The number of aryl methyl sites for hydroxylation is 1. The predicted molar refractivity (Wildman–Crippen MR) is 74.7 cm³/mol. The maximum atomic E-state index is 12.3. The lowest BCUT2D eigenvalue weighted by Crippen LogP contribution is -2.29. The number of rotatable bonds is 8. The van der Waals surface area contributed by atoms with Gasteiger partial charge in [0.15, 0.2) is 0 Å². The van der Waals surface area contributed by atoms with Crippen LogP contribution in [0, 0.1) is 10.1 Å². The third-order valence-electron chi connectivity index (χ3n) is 3.15. The van der Waals surface area contributed by atoms with Gasteiger partial charge in [-0.2, -0.15) is 0 Å². The van der Waals surface area contributed by atoms with Crippen LogP contribution in [0.5, 0.6) is 0 Å². The molecule has 1 amide bonds. The summed E-state index contributed by atoms with van der Waals surface area (Å²) in [4.78, 5) is 24.1. The molecule has 1 heterocycles. The Bertz CT molecular complexity index is 470. The van der Waals surface area contributed by atoms with Gasteiger partial charge < -0.3 is 14.6 Å². The number of aliphatic hydroxyl groups excluding tert-OH is 1. The van der Waals surface area contributed by atoms with Crippen molar-refractivity contribution in [3.63, 3.8) is 0 Å². The summed E-state index contributed by atoms with van der Waals surface area (Å²) < 4.78 is 1.59. The fraction of sp³-hybridized carbons (Fsp3) is 0.615. The van der Waals surface area contributed by atoms with Crippen molar-refractivity contribution >= 4 is 11.6 Å². The molecule has 7 nitrogen and oxygen atoms in total. The van der Waals surface area contributed by atoms with Crippen molar-refractivity contribution in [3.8, 4) is 0 Å². The van der Waals surface area contributed by atoms with E-state index in [1.54, 1.807) is 16.5 Å². The van der Waals surface area contributed by atoms with Gasteiger partial charge in [-0.25, -0.2) is 0 Å². The zero-order valence-corrected chi connectivity index (χ0v) is 11.9. The molecular formula is C13H21N3O4. The van der Waals surface area contributed by atoms with Crippen LogP contribution in [0.2, 0.25) is 0 Å². The topological polar surface area (TPSA) is 88.6 Å². The average molecular weight is 283 g/mol. The normalized spacial score (nSPS) is 10.6. The lowest BCUT2D eigenvalue weighted by atomic mass is 10.2. The molecule has 0 aromatic carbocycles. The lowest BCUT2D eigenvalue weighted by molar-refractivity contribution is -0.384. The van der Waals surface area contributed by atoms with Gasteiger partial charge >= 0.3 is 0 Å². The molecule has 0 bridgehead atoms. The minimum absolute atomic E-state index is 0.0659. The van der Waals surface area contributed by atoms with Crippen LogP contribution >= 0.6 is 0 Å². The van der Waals surface area contributed by atoms with E-state index in [-0.39, 0.29) is 18.2 Å². The molecule has 0 aliphatic heterocycles. The molecule has 1 N–H and O–H groups in total. The molecule has 0 radical (unpaired) electrons. The highest BCUT2D eigenvalue weighted by Crippen LogP contribution is 2.18. The largest absolute Gasteiger partial charge is 0.396 e. The van der Waals surface area contributed by atoms with Crippen LogP contribution in [0.3, 0.4) is 0 Å². The molecule has 20 heavy (non-hydrogen) atoms. The van der Waals surface area contributed by atoms with Gasteiger partial charge in [0.25, 0.3) is 11.6 Å². The number of nitrogens with zero attached hydrogens (tertiary/aromatic N) is 3. The Morgan fingerprint density at radius 3 is 2.70 bits per heavy atom. The number of unbranched alkanes of at least 4 members (excludes halogenated alkanes) is 2. The van der Waals surface area contributed by atoms with Crippen LogP contribution in [0.25, 0.3) is 0 Å². The van der Waals surface area contributed by atoms with Crippen molar-refractivity contribution in [1.29, 1.82) is 0 Å². The summed E-state index contributed by atoms with van der Waals surface area (Å²) in [6, 6.07) is 1.32. The Kier molecular flexibility index (Phi) is 6.17. The van der Waals surface area contributed by atoms with Crippen LogP contribution in [0.15, 0.2) is 12.3 Å². The molecule has 0 saturated carbocycles. The van der Waals surface area contributed by atoms with E-state index in [2.05, 4.69) is 0 Å². The lowest BCUT2D eigenvalue weighted by Gasteiger charge is -2.17. The summed E-state index contributed by atoms with van der Waals surface area (Å²) >= 11 is 0. The van der Waals surface area contributed by atoms with Gasteiger partial charge in [-0.05, 0) is 26.2 Å². The van der Waals surface area contributed by atoms with Crippen molar-refractivity contribution in [2.24, 2.45) is 0 Å². The zero-order valence-electron chi connectivity index (χ0n) is 11.9. The van der Waals surface area contributed by atoms with E-state index in [1.165, 1.54) is 12.3 Å². The van der Waals surface area contributed by atoms with Crippen molar-refractivity contribution in [2.75, 3.05) is 20.2 Å². The first-order valence-electron chi connectivity index (χ1n) is 6.72. The summed E-state index contributed by atoms with van der Waals surface area (Å²) in [5.41, 5.74) is 0.271. The molecule has 112 valence electrons. The molecule has 1 aromatic rings. The summed E-state index contributed by atoms with van der Waals surface area (Å²) in [5.74, 6) is -0.219. The van der Waals surface area contributed by atoms with Gasteiger partial charge in [0.05, 0.1) is 11.1 Å². The van der Waals surface area contributed by atoms with Gasteiger partial charge in [-0.1, -0.05) is 0 Å². The number of hydrogen-bond acceptors (Lipinski definition) is 4. The minimum Gasteiger partial charge on any atom is -0.396 e. The Morgan fingerprint density at radius 1 is 1.45 bits per heavy atom. The third kappa shape index (κ3) is 4.06. The van der Waals surface area contributed by atoms with Gasteiger partial charge in [-0.15, -0.1) is 0 Å². The summed E-state index contributed by atoms with van der Waals surface area (Å²) in [7, 11) is 1.68. The van der Waals surface area contributed by atoms with Crippen molar-refractivity contribution in [2.45, 2.75) is 32.7 Å². The third-order valence-corrected chi connectivity index (χ3v) is 3.15. The first-order valence-corrected chi connectivity index (χ1v) is 6.72. The Balaban J connectivity index is 2.72. The van der Waals surface area contributed by atoms with E-state index >= 15 is 0 Å². The highest BCUT2D eigenvalue weighted by molar-refractivity contribution is 5.93. The van der Waals surface area contributed by atoms with E-state index in [0.29, 0.717) is 18.8 Å². The second kappa shape index (κ2) is 7.64. The molecule has 0 saturated heterocycles. The molecule has 0 unspecified atom stereocenters. The van der Waals surface area contributed by atoms with Gasteiger partial charge in [0.1, 0.15) is 5.69 Å². The number of nitro groups is 1. The predicted octanol–water partition coefficient (Wildman–Crippen LogP) is 1.65. The molecule has 0 atom stereocenters. The van der Waals surface area contributed by atoms with Crippen molar-refractivity contribution < 1.29 is 14.8 Å². The smallest absolute Gasteiger partial charge is 0.287 e. The molecule has 1 rings (SSSR count). The van der Waals surface area contributed by atoms with E-state index in [4.69, 9.17) is 5.11 Å². The number of carbonyl (C=O) groups is 1. The summed E-state index contributed by atoms with van der Waals surface area (Å²) in [6.45, 7) is 3.07. The number of carbonyl (C=O) groups excluding carboxylic acids is 1. The molecule has 0 fully saturated rings. The van der Waals surface area contributed by atoms with Crippen molar-refractivity contribution in [3.05, 3.63) is 28.1 Å². The van der Waals surface area contributed by atoms with Gasteiger partial charge in [0, 0.05) is 32.8 Å². The number of aromatic nitrogens is 1. The van der Waals surface area contributed by atoms with Gasteiger partial charge in [0.2, 0.25) is 0 Å². The maximum Gasteiger partial charge on any atom is 0.287 e. The highest BCUT2D eigenvalue weighted by Gasteiger charge is 2.21. The molecule has 7 heteroatoms. The highest BCUT2D eigenvalue weighted by atomic mass is 16.6. The summed E-state index contributed by atoms with van der Waals surface area (Å²) in [5, 5.41) is 19.5. The molecule has 0 spiro atoms. The monoisotopic (exact) mass is 283 g/mol. The molecular weight excluding hydrogens is 262 g/mol. The average Bonchev–Trinajstić information content (AvgIpc) is 2.86. The van der Waals surface area contributed by atoms with Crippen LogP contribution < -0.4 is 0 Å². The quantitative estimate of drug-likeness (QED) is 0.446. The maximum absolute atomic E-state index is 12.3. The fourth-order valence-electron chi connectivity index (χ4n) is 1.97. The SMILES string of the molecule is CCn1cc([N+](=O)[O-])cc1C(=O)N(C)CCCCCO. The van der Waals surface area contributed by atoms with E-state index in [0.717, 1.165) is 19.3 Å². The van der Waals surface area contributed by atoms with Crippen molar-refractivity contribution in [1.82, 2.24) is 9.47 Å². The number of aliphatic hydroxyl groups is 1. The molecule has 0 aliphatic carbocycles. The standard InChI is InChI=1S/C13H21N3O4/c1-3-15-10-11(16(19)20)9-12(15)13(18)14(2)7-5-4-6-8-17/h9-10,17H,3-8H2,1-2H3. The van der Waals surface area contributed by atoms with E-state index in [1.807, 2.05) is 6.92 Å². The first kappa shape index (κ1) is 16.2. The van der Waals surface area contributed by atoms with Crippen LogP contribution in [0.1, 0.15) is 36.7 Å². The Hall–Kier alpha value is -1.89. The zero-order chi connectivity index (χ0) is 15.1. The van der Waals surface area contributed by atoms with E-state index < -0.39 is 4.92 Å². The van der Waals surface area contributed by atoms with E-state index in [9.17, 15) is 14.9 Å². The molecule has 1 aromatic heterocycles. The fourth-order valence-corrected chi connectivity index (χ4v) is 1.97. The second-order valence-corrected chi connectivity index (χ2v) is 4.64. The van der Waals surface area contributed by atoms with Crippen LogP contribution in [0.4, 0.5) is 5.69 Å². The van der Waals surface area contributed by atoms with Gasteiger partial charge in [-0.3, -0.25) is 14.9 Å². The first-order chi connectivity index (χ1) is 9.51. The number of amides is 1. The second-order valence-electron chi connectivity index (χ2n) is 4.64. The van der Waals surface area contributed by atoms with Crippen LogP contribution in [-0.2, 0) is 6.54 Å². The Labute approximate surface area is 118 Å². The minimum atomic E-state index is -0.496. The number of hydrogen-bond donors (Lipinski definition) is 1. The molecule has 0 aliphatic rings. The Morgan fingerprint density at radius 2 is 2.15 bits per heavy atom. The summed E-state index contributed by atoms with van der Waals surface area (Å²) in [6.07, 6.45) is 3.76. The van der Waals surface area contributed by atoms with Crippen LogP contribution in [-0.4, -0.2) is 45.6 Å².